The van der Waals surface area contributed by atoms with Gasteiger partial charge in [0.15, 0.2) is 5.76 Å². The molecule has 0 aliphatic heterocycles. The molecule has 1 N–H and O–H groups in total. The van der Waals surface area contributed by atoms with E-state index in [0.717, 1.165) is 3.57 Å². The van der Waals surface area contributed by atoms with E-state index < -0.39 is 0 Å². The number of anilines is 1. The summed E-state index contributed by atoms with van der Waals surface area (Å²) in [5.41, 5.74) is 1.80. The maximum Gasteiger partial charge on any atom is 0.275 e. The Balaban J connectivity index is 2.29. The number of hydrogen-bond acceptors (Lipinski definition) is 4. The van der Waals surface area contributed by atoms with Crippen LogP contribution in [0.25, 0.3) is 0 Å². The third-order valence-corrected chi connectivity index (χ3v) is 3.17. The average molecular weight is 346 g/mol. The molecule has 1 amide bonds. The lowest BCUT2D eigenvalue weighted by atomic mass is 10.3. The molecule has 0 aliphatic rings. The predicted octanol–water partition coefficient (Wildman–Crippen LogP) is 1.88. The third kappa shape index (κ3) is 2.19. The van der Waals surface area contributed by atoms with Gasteiger partial charge in [-0.05, 0) is 36.4 Å². The first-order valence-electron chi connectivity index (χ1n) is 4.92. The van der Waals surface area contributed by atoms with Gasteiger partial charge in [-0.2, -0.15) is 5.10 Å². The van der Waals surface area contributed by atoms with Gasteiger partial charge in [-0.15, -0.1) is 0 Å². The Hall–Kier alpha value is -1.38. The summed E-state index contributed by atoms with van der Waals surface area (Å²) in [6.07, 6.45) is 1.64. The van der Waals surface area contributed by atoms with E-state index in [1.807, 2.05) is 0 Å². The SMILES string of the molecule is Cc1noc(C)c1NC(=O)c1c(I)cnn1C. The first kappa shape index (κ1) is 12.1. The number of carbonyl (C=O) groups is 1. The molecule has 17 heavy (non-hydrogen) atoms. The number of hydrogen-bond donors (Lipinski definition) is 1. The Kier molecular flexibility index (Phi) is 3.18. The van der Waals surface area contributed by atoms with Crippen molar-refractivity contribution in [2.24, 2.45) is 7.05 Å². The minimum Gasteiger partial charge on any atom is -0.359 e. The predicted molar refractivity (Wildman–Crippen MR) is 69.9 cm³/mol. The van der Waals surface area contributed by atoms with Crippen LogP contribution in [-0.4, -0.2) is 20.8 Å². The Morgan fingerprint density at radius 3 is 2.71 bits per heavy atom. The molecule has 0 saturated carbocycles. The second kappa shape index (κ2) is 4.47. The highest BCUT2D eigenvalue weighted by molar-refractivity contribution is 14.1. The summed E-state index contributed by atoms with van der Waals surface area (Å²) in [5.74, 6) is 0.372. The highest BCUT2D eigenvalue weighted by atomic mass is 127. The van der Waals surface area contributed by atoms with Crippen molar-refractivity contribution in [3.8, 4) is 0 Å². The van der Waals surface area contributed by atoms with Crippen LogP contribution in [0.5, 0.6) is 0 Å². The number of aryl methyl sites for hydroxylation is 3. The van der Waals surface area contributed by atoms with E-state index in [1.165, 1.54) is 4.68 Å². The van der Waals surface area contributed by atoms with Gasteiger partial charge in [0.05, 0.1) is 9.77 Å². The van der Waals surface area contributed by atoms with Gasteiger partial charge in [0, 0.05) is 7.05 Å². The minimum atomic E-state index is -0.219. The van der Waals surface area contributed by atoms with Crippen molar-refractivity contribution in [2.45, 2.75) is 13.8 Å². The molecule has 2 heterocycles. The minimum absolute atomic E-state index is 0.219. The first-order valence-corrected chi connectivity index (χ1v) is 6.00. The maximum absolute atomic E-state index is 12.1. The topological polar surface area (TPSA) is 73.0 Å². The lowest BCUT2D eigenvalue weighted by Gasteiger charge is -2.05. The Bertz CT molecular complexity index is 534. The van der Waals surface area contributed by atoms with Gasteiger partial charge in [-0.1, -0.05) is 5.16 Å². The highest BCUT2D eigenvalue weighted by Gasteiger charge is 2.18. The summed E-state index contributed by atoms with van der Waals surface area (Å²) in [7, 11) is 1.73. The normalized spacial score (nSPS) is 10.6. The molecule has 7 heteroatoms. The molecule has 0 spiro atoms. The van der Waals surface area contributed by atoms with Crippen LogP contribution in [0.15, 0.2) is 10.7 Å². The zero-order valence-corrected chi connectivity index (χ0v) is 11.8. The van der Waals surface area contributed by atoms with Crippen molar-refractivity contribution in [2.75, 3.05) is 5.32 Å². The second-order valence-corrected chi connectivity index (χ2v) is 4.78. The van der Waals surface area contributed by atoms with E-state index in [9.17, 15) is 4.79 Å². The van der Waals surface area contributed by atoms with Crippen LogP contribution in [0.2, 0.25) is 0 Å². The summed E-state index contributed by atoms with van der Waals surface area (Å²) in [6.45, 7) is 3.53. The monoisotopic (exact) mass is 346 g/mol. The van der Waals surface area contributed by atoms with Gasteiger partial charge in [-0.3, -0.25) is 9.48 Å². The fourth-order valence-corrected chi connectivity index (χ4v) is 2.22. The zero-order valence-electron chi connectivity index (χ0n) is 9.61. The molecule has 0 saturated heterocycles. The average Bonchev–Trinajstić information content (AvgIpc) is 2.75. The van der Waals surface area contributed by atoms with Crippen LogP contribution in [0.4, 0.5) is 5.69 Å². The molecule has 0 bridgehead atoms. The van der Waals surface area contributed by atoms with Gasteiger partial charge >= 0.3 is 0 Å². The van der Waals surface area contributed by atoms with Crippen molar-refractivity contribution < 1.29 is 9.32 Å². The largest absolute Gasteiger partial charge is 0.359 e. The Morgan fingerprint density at radius 1 is 1.53 bits per heavy atom. The fourth-order valence-electron chi connectivity index (χ4n) is 1.50. The quantitative estimate of drug-likeness (QED) is 0.843. The first-order chi connectivity index (χ1) is 8.00. The van der Waals surface area contributed by atoms with Gasteiger partial charge in [0.2, 0.25) is 0 Å². The molecule has 0 aliphatic carbocycles. The van der Waals surface area contributed by atoms with Crippen molar-refractivity contribution in [3.63, 3.8) is 0 Å². The van der Waals surface area contributed by atoms with E-state index >= 15 is 0 Å². The summed E-state index contributed by atoms with van der Waals surface area (Å²) >= 11 is 2.07. The van der Waals surface area contributed by atoms with Gasteiger partial charge < -0.3 is 9.84 Å². The molecule has 0 radical (unpaired) electrons. The summed E-state index contributed by atoms with van der Waals surface area (Å²) < 4.78 is 7.32. The number of nitrogens with one attached hydrogen (secondary N) is 1. The van der Waals surface area contributed by atoms with Crippen LogP contribution in [-0.2, 0) is 7.05 Å². The van der Waals surface area contributed by atoms with E-state index in [0.29, 0.717) is 22.8 Å². The van der Waals surface area contributed by atoms with Crippen LogP contribution >= 0.6 is 22.6 Å². The zero-order chi connectivity index (χ0) is 12.6. The second-order valence-electron chi connectivity index (χ2n) is 3.62. The lowest BCUT2D eigenvalue weighted by Crippen LogP contribution is -2.18. The number of amides is 1. The molecule has 0 unspecified atom stereocenters. The van der Waals surface area contributed by atoms with Crippen molar-refractivity contribution in [1.29, 1.82) is 0 Å². The van der Waals surface area contributed by atoms with Crippen molar-refractivity contribution in [3.05, 3.63) is 26.9 Å². The molecule has 2 aromatic heterocycles. The number of nitrogens with zero attached hydrogens (tertiary/aromatic N) is 3. The number of halogens is 1. The molecular formula is C10H11IN4O2. The van der Waals surface area contributed by atoms with Gasteiger partial charge in [0.25, 0.3) is 5.91 Å². The van der Waals surface area contributed by atoms with Crippen LogP contribution in [0, 0.1) is 17.4 Å². The number of aromatic nitrogens is 3. The molecular weight excluding hydrogens is 335 g/mol. The molecule has 6 nitrogen and oxygen atoms in total. The van der Waals surface area contributed by atoms with E-state index in [2.05, 4.69) is 38.2 Å². The van der Waals surface area contributed by atoms with E-state index in [4.69, 9.17) is 4.52 Å². The molecule has 0 atom stereocenters. The summed E-state index contributed by atoms with van der Waals surface area (Å²) in [5, 5.41) is 10.6. The van der Waals surface area contributed by atoms with Crippen LogP contribution in [0.1, 0.15) is 21.9 Å². The standard InChI is InChI=1S/C10H11IN4O2/c1-5-8(6(2)17-14-5)13-10(16)9-7(11)4-12-15(9)3/h4H,1-3H3,(H,13,16). The van der Waals surface area contributed by atoms with Gasteiger partial charge in [-0.25, -0.2) is 0 Å². The fraction of sp³-hybridized carbons (Fsp3) is 0.300. The Morgan fingerprint density at radius 2 is 2.24 bits per heavy atom. The maximum atomic E-state index is 12.1. The van der Waals surface area contributed by atoms with Crippen LogP contribution < -0.4 is 5.32 Å². The smallest absolute Gasteiger partial charge is 0.275 e. The van der Waals surface area contributed by atoms with Crippen molar-refractivity contribution >= 4 is 34.2 Å². The molecule has 2 rings (SSSR count). The third-order valence-electron chi connectivity index (χ3n) is 2.38. The number of carbonyl (C=O) groups excluding carboxylic acids is 1. The van der Waals surface area contributed by atoms with E-state index in [1.54, 1.807) is 27.1 Å². The molecule has 0 fully saturated rings. The lowest BCUT2D eigenvalue weighted by molar-refractivity contribution is 0.101. The molecule has 90 valence electrons. The van der Waals surface area contributed by atoms with Crippen molar-refractivity contribution in [1.82, 2.24) is 14.9 Å². The summed E-state index contributed by atoms with van der Waals surface area (Å²) in [6, 6.07) is 0. The van der Waals surface area contributed by atoms with Crippen LogP contribution in [0.3, 0.4) is 0 Å². The summed E-state index contributed by atoms with van der Waals surface area (Å²) in [4.78, 5) is 12.1. The van der Waals surface area contributed by atoms with Gasteiger partial charge in [0.1, 0.15) is 17.1 Å². The Labute approximate surface area is 111 Å². The highest BCUT2D eigenvalue weighted by Crippen LogP contribution is 2.20. The molecule has 2 aromatic rings. The molecule has 0 aromatic carbocycles. The van der Waals surface area contributed by atoms with E-state index in [-0.39, 0.29) is 5.91 Å². The number of rotatable bonds is 2.